The molecule has 2 aromatic heterocycles. The van der Waals surface area contributed by atoms with E-state index in [4.69, 9.17) is 5.26 Å². The van der Waals surface area contributed by atoms with E-state index < -0.39 is 34.5 Å². The van der Waals surface area contributed by atoms with Crippen molar-refractivity contribution in [3.8, 4) is 6.07 Å². The average molecular weight is 414 g/mol. The first-order valence-electron chi connectivity index (χ1n) is 8.60. The maximum absolute atomic E-state index is 12.8. The van der Waals surface area contributed by atoms with Crippen LogP contribution >= 0.6 is 0 Å². The Kier molecular flexibility index (Phi) is 5.21. The number of sulfonamides is 1. The van der Waals surface area contributed by atoms with E-state index in [9.17, 15) is 18.0 Å². The lowest BCUT2D eigenvalue weighted by Gasteiger charge is -2.29. The first-order chi connectivity index (χ1) is 13.6. The Morgan fingerprint density at radius 2 is 2.10 bits per heavy atom. The summed E-state index contributed by atoms with van der Waals surface area (Å²) in [4.78, 5) is 32.7. The number of nitriles is 1. The predicted octanol–water partition coefficient (Wildman–Crippen LogP) is 1.38. The van der Waals surface area contributed by atoms with Crippen molar-refractivity contribution in [2.45, 2.75) is 31.7 Å². The molecule has 3 rings (SSSR count). The fourth-order valence-electron chi connectivity index (χ4n) is 2.95. The van der Waals surface area contributed by atoms with Gasteiger partial charge < -0.3 is 10.6 Å². The molecule has 0 saturated carbocycles. The Hall–Kier alpha value is -3.52. The molecule has 0 aromatic carbocycles. The fourth-order valence-corrected chi connectivity index (χ4v) is 4.55. The van der Waals surface area contributed by atoms with Crippen LogP contribution in [0.1, 0.15) is 35.5 Å². The van der Waals surface area contributed by atoms with Crippen LogP contribution in [0.4, 0.5) is 10.5 Å². The molecule has 10 nitrogen and oxygen atoms in total. The standard InChI is InChI=1S/C18H18N6O4S/c1-10-6-15(21-8-13(10)7-19)11(2)22-16(25)9-24-18(26)23-14-4-5-20-12(3)17(14)29(24,27)28/h4-6,8,11H,9H2,1-3H3,(H,22,25)(H,23,26)/t11-/m0/s1. The van der Waals surface area contributed by atoms with Crippen molar-refractivity contribution in [2.24, 2.45) is 0 Å². The number of carbonyl (C=O) groups excluding carboxylic acids is 2. The van der Waals surface area contributed by atoms with Crippen molar-refractivity contribution >= 4 is 27.6 Å². The van der Waals surface area contributed by atoms with Gasteiger partial charge in [-0.3, -0.25) is 14.8 Å². The zero-order chi connectivity index (χ0) is 21.3. The van der Waals surface area contributed by atoms with Crippen LogP contribution in [-0.2, 0) is 14.8 Å². The molecule has 3 amide bonds. The van der Waals surface area contributed by atoms with Gasteiger partial charge in [-0.25, -0.2) is 17.5 Å². The van der Waals surface area contributed by atoms with Gasteiger partial charge in [0.15, 0.2) is 0 Å². The van der Waals surface area contributed by atoms with E-state index in [1.807, 2.05) is 6.07 Å². The Bertz CT molecular complexity index is 1160. The molecule has 0 radical (unpaired) electrons. The minimum atomic E-state index is -4.23. The highest BCUT2D eigenvalue weighted by Crippen LogP contribution is 2.31. The van der Waals surface area contributed by atoms with E-state index in [0.29, 0.717) is 21.1 Å². The van der Waals surface area contributed by atoms with Gasteiger partial charge in [-0.2, -0.15) is 5.26 Å². The van der Waals surface area contributed by atoms with Crippen LogP contribution in [0.25, 0.3) is 0 Å². The number of amides is 3. The van der Waals surface area contributed by atoms with E-state index in [1.54, 1.807) is 19.9 Å². The van der Waals surface area contributed by atoms with Gasteiger partial charge in [-0.15, -0.1) is 0 Å². The van der Waals surface area contributed by atoms with Crippen LogP contribution in [0.5, 0.6) is 0 Å². The van der Waals surface area contributed by atoms with Crippen molar-refractivity contribution in [1.29, 1.82) is 5.26 Å². The van der Waals surface area contributed by atoms with E-state index >= 15 is 0 Å². The summed E-state index contributed by atoms with van der Waals surface area (Å²) in [5, 5.41) is 14.1. The summed E-state index contributed by atoms with van der Waals surface area (Å²) >= 11 is 0. The van der Waals surface area contributed by atoms with E-state index in [1.165, 1.54) is 25.4 Å². The lowest BCUT2D eigenvalue weighted by atomic mass is 10.1. The van der Waals surface area contributed by atoms with Crippen LogP contribution in [0.2, 0.25) is 0 Å². The summed E-state index contributed by atoms with van der Waals surface area (Å²) in [6.45, 7) is 4.23. The zero-order valence-corrected chi connectivity index (χ0v) is 16.7. The van der Waals surface area contributed by atoms with Crippen LogP contribution in [0.3, 0.4) is 0 Å². The highest BCUT2D eigenvalue weighted by molar-refractivity contribution is 7.90. The number of nitrogens with one attached hydrogen (secondary N) is 2. The van der Waals surface area contributed by atoms with Gasteiger partial charge in [0.1, 0.15) is 17.5 Å². The molecular weight excluding hydrogens is 396 g/mol. The number of anilines is 1. The van der Waals surface area contributed by atoms with Crippen molar-refractivity contribution in [3.05, 3.63) is 47.0 Å². The third-order valence-corrected chi connectivity index (χ3v) is 6.37. The third-order valence-electron chi connectivity index (χ3n) is 4.46. The minimum Gasteiger partial charge on any atom is -0.346 e. The minimum absolute atomic E-state index is 0.129. The number of hydrogen-bond donors (Lipinski definition) is 2. The largest absolute Gasteiger partial charge is 0.346 e. The molecule has 0 aliphatic carbocycles. The summed E-state index contributed by atoms with van der Waals surface area (Å²) < 4.78 is 26.2. The van der Waals surface area contributed by atoms with Gasteiger partial charge in [-0.05, 0) is 38.5 Å². The van der Waals surface area contributed by atoms with E-state index in [-0.39, 0.29) is 16.3 Å². The zero-order valence-electron chi connectivity index (χ0n) is 15.9. The number of aryl methyl sites for hydroxylation is 2. The van der Waals surface area contributed by atoms with Crippen molar-refractivity contribution < 1.29 is 18.0 Å². The number of fused-ring (bicyclic) bond motifs is 1. The topological polar surface area (TPSA) is 145 Å². The number of hydrogen-bond acceptors (Lipinski definition) is 7. The van der Waals surface area contributed by atoms with Crippen LogP contribution in [0, 0.1) is 25.2 Å². The normalized spacial score (nSPS) is 15.7. The van der Waals surface area contributed by atoms with Gasteiger partial charge in [0.05, 0.1) is 28.7 Å². The number of carbonyl (C=O) groups is 2. The highest BCUT2D eigenvalue weighted by atomic mass is 32.2. The lowest BCUT2D eigenvalue weighted by molar-refractivity contribution is -0.121. The predicted molar refractivity (Wildman–Crippen MR) is 102 cm³/mol. The first kappa shape index (κ1) is 20.2. The second kappa shape index (κ2) is 7.48. The molecule has 0 fully saturated rings. The first-order valence-corrected chi connectivity index (χ1v) is 10.0. The molecule has 2 N–H and O–H groups in total. The third kappa shape index (κ3) is 3.74. The van der Waals surface area contributed by atoms with Gasteiger partial charge in [0, 0.05) is 12.4 Å². The maximum atomic E-state index is 12.8. The molecular formula is C18H18N6O4S. The maximum Gasteiger partial charge on any atom is 0.336 e. The Labute approximate surface area is 167 Å². The monoisotopic (exact) mass is 414 g/mol. The van der Waals surface area contributed by atoms with Crippen molar-refractivity contribution in [1.82, 2.24) is 19.6 Å². The molecule has 2 aromatic rings. The molecule has 0 unspecified atom stereocenters. The molecule has 11 heteroatoms. The molecule has 0 bridgehead atoms. The van der Waals surface area contributed by atoms with Crippen molar-refractivity contribution in [3.63, 3.8) is 0 Å². The fraction of sp³-hybridized carbons (Fsp3) is 0.278. The second-order valence-corrected chi connectivity index (χ2v) is 8.34. The van der Waals surface area contributed by atoms with Gasteiger partial charge in [0.2, 0.25) is 5.91 Å². The van der Waals surface area contributed by atoms with Gasteiger partial charge in [-0.1, -0.05) is 0 Å². The van der Waals surface area contributed by atoms with Crippen LogP contribution in [0.15, 0.2) is 29.4 Å². The summed E-state index contributed by atoms with van der Waals surface area (Å²) in [7, 11) is -4.23. The molecule has 1 aliphatic rings. The van der Waals surface area contributed by atoms with Crippen molar-refractivity contribution in [2.75, 3.05) is 11.9 Å². The summed E-state index contributed by atoms with van der Waals surface area (Å²) in [6, 6.07) is 3.59. The molecule has 0 spiro atoms. The second-order valence-electron chi connectivity index (χ2n) is 6.54. The number of aromatic nitrogens is 2. The quantitative estimate of drug-likeness (QED) is 0.768. The molecule has 1 atom stereocenters. The Morgan fingerprint density at radius 3 is 2.76 bits per heavy atom. The highest BCUT2D eigenvalue weighted by Gasteiger charge is 2.39. The molecule has 150 valence electrons. The average Bonchev–Trinajstić information content (AvgIpc) is 2.64. The van der Waals surface area contributed by atoms with Gasteiger partial charge in [0.25, 0.3) is 10.0 Å². The number of pyridine rings is 2. The molecule has 1 aliphatic heterocycles. The number of urea groups is 1. The SMILES string of the molecule is Cc1cc([C@H](C)NC(=O)CN2C(=O)Nc3ccnc(C)c3S2(=O)=O)ncc1C#N. The van der Waals surface area contributed by atoms with Crippen LogP contribution in [-0.4, -0.2) is 41.2 Å². The summed E-state index contributed by atoms with van der Waals surface area (Å²) in [5.74, 6) is -0.676. The van der Waals surface area contributed by atoms with E-state index in [2.05, 4.69) is 20.6 Å². The number of nitrogens with zero attached hydrogens (tertiary/aromatic N) is 4. The molecule has 0 saturated heterocycles. The lowest BCUT2D eigenvalue weighted by Crippen LogP contribution is -2.49. The molecule has 3 heterocycles. The molecule has 29 heavy (non-hydrogen) atoms. The summed E-state index contributed by atoms with van der Waals surface area (Å²) in [6.07, 6.45) is 2.79. The smallest absolute Gasteiger partial charge is 0.336 e. The Balaban J connectivity index is 1.78. The van der Waals surface area contributed by atoms with Gasteiger partial charge >= 0.3 is 6.03 Å². The summed E-state index contributed by atoms with van der Waals surface area (Å²) in [5.41, 5.74) is 1.98. The number of rotatable bonds is 4. The van der Waals surface area contributed by atoms with Crippen LogP contribution < -0.4 is 10.6 Å². The van der Waals surface area contributed by atoms with E-state index in [0.717, 1.165) is 0 Å². The Morgan fingerprint density at radius 1 is 1.38 bits per heavy atom.